The molecule has 3 N–H and O–H groups in total. The van der Waals surface area contributed by atoms with Crippen molar-refractivity contribution in [1.29, 1.82) is 0 Å². The van der Waals surface area contributed by atoms with Gasteiger partial charge in [0, 0.05) is 0 Å². The van der Waals surface area contributed by atoms with Gasteiger partial charge in [0.05, 0.1) is 5.75 Å². The van der Waals surface area contributed by atoms with Crippen LogP contribution in [-0.2, 0) is 10.1 Å². The van der Waals surface area contributed by atoms with Crippen molar-refractivity contribution >= 4 is 39.7 Å². The first-order valence-electron chi connectivity index (χ1n) is 10.1. The molecule has 0 aromatic rings. The summed E-state index contributed by atoms with van der Waals surface area (Å²) in [6.45, 7) is 4.85. The van der Waals surface area contributed by atoms with Crippen LogP contribution in [0.4, 0.5) is 0 Å². The van der Waals surface area contributed by atoms with E-state index in [2.05, 4.69) is 6.92 Å². The Labute approximate surface area is 180 Å². The second-order valence-corrected chi connectivity index (χ2v) is 8.24. The number of hydrogen-bond acceptors (Lipinski definition) is 3. The molecule has 0 saturated carbocycles. The molecule has 0 unspecified atom stereocenters. The van der Waals surface area contributed by atoms with Crippen molar-refractivity contribution in [3.8, 4) is 0 Å². The van der Waals surface area contributed by atoms with Crippen LogP contribution >= 0.6 is 0 Å². The molecule has 0 atom stereocenters. The summed E-state index contributed by atoms with van der Waals surface area (Å²) in [5.41, 5.74) is 5.47. The number of rotatable bonds is 16. The Morgan fingerprint density at radius 2 is 0.960 bits per heavy atom. The van der Waals surface area contributed by atoms with Gasteiger partial charge in [-0.1, -0.05) is 97.3 Å². The van der Waals surface area contributed by atoms with Crippen LogP contribution in [0.5, 0.6) is 0 Å². The third-order valence-corrected chi connectivity index (χ3v) is 4.94. The molecule has 0 saturated heterocycles. The molecule has 0 aromatic heterocycles. The normalized spacial score (nSPS) is 10.7. The van der Waals surface area contributed by atoms with Gasteiger partial charge in [0.15, 0.2) is 0 Å². The van der Waals surface area contributed by atoms with Gasteiger partial charge in [0.25, 0.3) is 10.1 Å². The van der Waals surface area contributed by atoms with E-state index in [1.807, 2.05) is 0 Å². The van der Waals surface area contributed by atoms with Crippen molar-refractivity contribution in [2.45, 2.75) is 110 Å². The number of hydrogen-bond donors (Lipinski definition) is 2. The first kappa shape index (κ1) is 30.6. The molecule has 150 valence electrons. The minimum absolute atomic E-state index is 0. The first-order chi connectivity index (χ1) is 11.5. The molecule has 0 rings (SSSR count). The van der Waals surface area contributed by atoms with E-state index in [-0.39, 0.29) is 35.3 Å². The van der Waals surface area contributed by atoms with Crippen molar-refractivity contribution in [1.82, 2.24) is 0 Å². The zero-order valence-electron chi connectivity index (χ0n) is 16.3. The Morgan fingerprint density at radius 3 is 1.16 bits per heavy atom. The summed E-state index contributed by atoms with van der Waals surface area (Å²) in [6.07, 6.45) is 20.3. The van der Waals surface area contributed by atoms with Gasteiger partial charge < -0.3 is 5.73 Å². The Bertz CT molecular complexity index is 311. The van der Waals surface area contributed by atoms with Crippen LogP contribution in [0.3, 0.4) is 0 Å². The van der Waals surface area contributed by atoms with Crippen LogP contribution in [0.2, 0.25) is 0 Å². The zero-order valence-corrected chi connectivity index (χ0v) is 17.1. The van der Waals surface area contributed by atoms with Crippen LogP contribution in [0.1, 0.15) is 110 Å². The van der Waals surface area contributed by atoms with E-state index in [1.54, 1.807) is 6.92 Å². The van der Waals surface area contributed by atoms with Gasteiger partial charge >= 0.3 is 29.6 Å². The van der Waals surface area contributed by atoms with Gasteiger partial charge in [-0.15, -0.1) is 0 Å². The second-order valence-electron chi connectivity index (χ2n) is 6.67. The quantitative estimate of drug-likeness (QED) is 0.220. The summed E-state index contributed by atoms with van der Waals surface area (Å²) in [4.78, 5) is 0. The molecule has 0 aromatic carbocycles. The van der Waals surface area contributed by atoms with Gasteiger partial charge in [-0.2, -0.15) is 8.42 Å². The fourth-order valence-electron chi connectivity index (χ4n) is 2.60. The summed E-state index contributed by atoms with van der Waals surface area (Å²) in [7, 11) is -3.67. The standard InChI is InChI=1S/C16H35N.C3H8O3S.Na.H/c1-2-3-4-5-6-7-8-9-10-11-12-13-14-15-16-17;1-2-3-7(4,5)6;;/h2-17H2,1H3;2-3H2,1H3,(H,4,5,6);;. The number of unbranched alkanes of at least 4 members (excludes halogenated alkanes) is 13. The molecule has 0 aliphatic rings. The van der Waals surface area contributed by atoms with Crippen molar-refractivity contribution in [2.24, 2.45) is 5.73 Å². The van der Waals surface area contributed by atoms with Crippen LogP contribution in [0.25, 0.3) is 0 Å². The van der Waals surface area contributed by atoms with Gasteiger partial charge in [0.2, 0.25) is 0 Å². The first-order valence-corrected chi connectivity index (χ1v) is 11.7. The molecular weight excluding hydrogens is 345 g/mol. The predicted octanol–water partition coefficient (Wildman–Crippen LogP) is 5.06. The van der Waals surface area contributed by atoms with Gasteiger partial charge in [0.1, 0.15) is 0 Å². The van der Waals surface area contributed by atoms with Gasteiger partial charge in [-0.25, -0.2) is 0 Å². The van der Waals surface area contributed by atoms with Crippen LogP contribution in [-0.4, -0.2) is 54.8 Å². The third-order valence-electron chi connectivity index (χ3n) is 4.02. The van der Waals surface area contributed by atoms with E-state index < -0.39 is 10.1 Å². The fourth-order valence-corrected chi connectivity index (χ4v) is 3.11. The van der Waals surface area contributed by atoms with E-state index >= 15 is 0 Å². The molecule has 0 fully saturated rings. The van der Waals surface area contributed by atoms with Crippen molar-refractivity contribution in [3.05, 3.63) is 0 Å². The van der Waals surface area contributed by atoms with E-state index in [0.29, 0.717) is 6.42 Å². The Hall–Kier alpha value is 0.870. The molecule has 0 bridgehead atoms. The monoisotopic (exact) mass is 389 g/mol. The molecule has 4 nitrogen and oxygen atoms in total. The van der Waals surface area contributed by atoms with Crippen molar-refractivity contribution < 1.29 is 13.0 Å². The second kappa shape index (κ2) is 24.9. The van der Waals surface area contributed by atoms with Crippen LogP contribution in [0, 0.1) is 0 Å². The van der Waals surface area contributed by atoms with Gasteiger partial charge in [-0.3, -0.25) is 4.55 Å². The summed E-state index contributed by atoms with van der Waals surface area (Å²) >= 11 is 0. The summed E-state index contributed by atoms with van der Waals surface area (Å²) in [5.74, 6) is -0.132. The third kappa shape index (κ3) is 36.5. The molecule has 0 spiro atoms. The van der Waals surface area contributed by atoms with Crippen molar-refractivity contribution in [3.63, 3.8) is 0 Å². The Morgan fingerprint density at radius 1 is 0.640 bits per heavy atom. The Balaban J connectivity index is -0.000000513. The van der Waals surface area contributed by atoms with E-state index in [1.165, 1.54) is 89.9 Å². The molecule has 0 aliphatic heterocycles. The molecule has 0 heterocycles. The van der Waals surface area contributed by atoms with Crippen LogP contribution < -0.4 is 5.73 Å². The van der Waals surface area contributed by atoms with Gasteiger partial charge in [-0.05, 0) is 19.4 Å². The minimum atomic E-state index is -3.67. The zero-order chi connectivity index (χ0) is 18.5. The van der Waals surface area contributed by atoms with Crippen LogP contribution in [0.15, 0.2) is 0 Å². The molecule has 0 aliphatic carbocycles. The maximum absolute atomic E-state index is 9.79. The fraction of sp³-hybridized carbons (Fsp3) is 1.00. The average Bonchev–Trinajstić information content (AvgIpc) is 2.51. The topological polar surface area (TPSA) is 80.4 Å². The molecule has 0 radical (unpaired) electrons. The predicted molar refractivity (Wildman–Crippen MR) is 113 cm³/mol. The summed E-state index contributed by atoms with van der Waals surface area (Å²) in [6, 6.07) is 0. The molecule has 25 heavy (non-hydrogen) atoms. The SMILES string of the molecule is CCCCCCCCCCCCCCCCN.CCCS(=O)(=O)O.[NaH]. The maximum atomic E-state index is 9.79. The summed E-state index contributed by atoms with van der Waals surface area (Å²) < 4.78 is 27.6. The van der Waals surface area contributed by atoms with E-state index in [0.717, 1.165) is 6.54 Å². The molecular formula is C19H44NNaO3S. The van der Waals surface area contributed by atoms with Crippen molar-refractivity contribution in [2.75, 3.05) is 12.3 Å². The van der Waals surface area contributed by atoms with E-state index in [9.17, 15) is 8.42 Å². The summed E-state index contributed by atoms with van der Waals surface area (Å²) in [5, 5.41) is 0. The van der Waals surface area contributed by atoms with E-state index in [4.69, 9.17) is 10.3 Å². The molecule has 6 heteroatoms. The average molecular weight is 390 g/mol. The Kier molecular flexibility index (Phi) is 30.4. The number of nitrogens with two attached hydrogens (primary N) is 1. The molecule has 0 amide bonds.